The molecule has 1 saturated carbocycles. The molecule has 2 rings (SSSR count). The molecule has 0 heterocycles. The second-order valence-electron chi connectivity index (χ2n) is 6.25. The van der Waals surface area contributed by atoms with Gasteiger partial charge in [0, 0.05) is 0 Å². The Bertz CT molecular complexity index is 582. The number of carbonyl (C=O) groups excluding carboxylic acids is 1. The molecule has 1 aliphatic carbocycles. The number of carboxylic acid groups (broad SMARTS) is 1. The van der Waals surface area contributed by atoms with Crippen molar-refractivity contribution in [2.45, 2.75) is 51.2 Å². The van der Waals surface area contributed by atoms with Gasteiger partial charge in [0.2, 0.25) is 0 Å². The van der Waals surface area contributed by atoms with E-state index in [1.807, 2.05) is 0 Å². The zero-order valence-corrected chi connectivity index (χ0v) is 13.3. The van der Waals surface area contributed by atoms with Crippen molar-refractivity contribution in [2.24, 2.45) is 5.92 Å². The third kappa shape index (κ3) is 4.00. The number of para-hydroxylation sites is 1. The van der Waals surface area contributed by atoms with Crippen LogP contribution in [0.1, 0.15) is 39.5 Å². The molecule has 1 unspecified atom stereocenters. The van der Waals surface area contributed by atoms with E-state index in [2.05, 4.69) is 12.2 Å². The van der Waals surface area contributed by atoms with Crippen LogP contribution in [0.5, 0.6) is 5.75 Å². The summed E-state index contributed by atoms with van der Waals surface area (Å²) in [5.74, 6) is -1.73. The van der Waals surface area contributed by atoms with Crippen LogP contribution in [0.2, 0.25) is 0 Å². The predicted molar refractivity (Wildman–Crippen MR) is 82.6 cm³/mol. The Kier molecular flexibility index (Phi) is 5.23. The van der Waals surface area contributed by atoms with E-state index in [1.165, 1.54) is 25.1 Å². The highest BCUT2D eigenvalue weighted by atomic mass is 19.1. The fourth-order valence-corrected chi connectivity index (χ4v) is 2.77. The van der Waals surface area contributed by atoms with Gasteiger partial charge in [0.15, 0.2) is 17.7 Å². The predicted octanol–water partition coefficient (Wildman–Crippen LogP) is 2.74. The van der Waals surface area contributed by atoms with Crippen LogP contribution >= 0.6 is 0 Å². The molecule has 0 saturated heterocycles. The minimum atomic E-state index is -1.25. The molecule has 1 aromatic carbocycles. The van der Waals surface area contributed by atoms with Crippen LogP contribution in [0.4, 0.5) is 4.39 Å². The number of nitrogens with one attached hydrogen (secondary N) is 1. The molecular weight excluding hydrogens is 301 g/mol. The number of hydrogen-bond acceptors (Lipinski definition) is 3. The van der Waals surface area contributed by atoms with Gasteiger partial charge in [-0.25, -0.2) is 9.18 Å². The van der Waals surface area contributed by atoms with Crippen LogP contribution in [-0.4, -0.2) is 28.6 Å². The first-order chi connectivity index (χ1) is 10.8. The number of rotatable bonds is 5. The van der Waals surface area contributed by atoms with Crippen LogP contribution in [0.15, 0.2) is 24.3 Å². The first kappa shape index (κ1) is 17.2. The van der Waals surface area contributed by atoms with Gasteiger partial charge >= 0.3 is 5.97 Å². The third-order valence-electron chi connectivity index (χ3n) is 4.41. The molecule has 1 amide bonds. The van der Waals surface area contributed by atoms with Crippen molar-refractivity contribution < 1.29 is 23.8 Å². The molecule has 1 fully saturated rings. The van der Waals surface area contributed by atoms with Gasteiger partial charge in [0.05, 0.1) is 0 Å². The second-order valence-corrected chi connectivity index (χ2v) is 6.25. The zero-order chi connectivity index (χ0) is 17.0. The maximum absolute atomic E-state index is 13.6. The summed E-state index contributed by atoms with van der Waals surface area (Å²) in [6.07, 6.45) is 1.29. The van der Waals surface area contributed by atoms with E-state index in [0.717, 1.165) is 12.8 Å². The Morgan fingerprint density at radius 2 is 1.96 bits per heavy atom. The summed E-state index contributed by atoms with van der Waals surface area (Å²) in [5, 5.41) is 12.1. The number of aliphatic carboxylic acids is 1. The van der Waals surface area contributed by atoms with Crippen molar-refractivity contribution >= 4 is 11.9 Å². The smallest absolute Gasteiger partial charge is 0.329 e. The van der Waals surface area contributed by atoms with Gasteiger partial charge < -0.3 is 15.2 Å². The summed E-state index contributed by atoms with van der Waals surface area (Å²) in [7, 11) is 0. The number of amides is 1. The molecule has 0 aromatic heterocycles. The highest BCUT2D eigenvalue weighted by Gasteiger charge is 2.43. The topological polar surface area (TPSA) is 75.6 Å². The van der Waals surface area contributed by atoms with Crippen molar-refractivity contribution in [3.63, 3.8) is 0 Å². The van der Waals surface area contributed by atoms with Gasteiger partial charge in [0.1, 0.15) is 5.54 Å². The summed E-state index contributed by atoms with van der Waals surface area (Å²) < 4.78 is 18.9. The van der Waals surface area contributed by atoms with Crippen LogP contribution in [-0.2, 0) is 9.59 Å². The van der Waals surface area contributed by atoms with Gasteiger partial charge in [-0.1, -0.05) is 19.1 Å². The maximum atomic E-state index is 13.6. The molecule has 0 spiro atoms. The summed E-state index contributed by atoms with van der Waals surface area (Å²) >= 11 is 0. The van der Waals surface area contributed by atoms with Crippen molar-refractivity contribution in [1.82, 2.24) is 5.32 Å². The van der Waals surface area contributed by atoms with Gasteiger partial charge in [-0.2, -0.15) is 0 Å². The Morgan fingerprint density at radius 3 is 2.52 bits per heavy atom. The lowest BCUT2D eigenvalue weighted by Crippen LogP contribution is -2.58. The fourth-order valence-electron chi connectivity index (χ4n) is 2.77. The molecule has 0 aliphatic heterocycles. The van der Waals surface area contributed by atoms with E-state index >= 15 is 0 Å². The second kappa shape index (κ2) is 6.98. The van der Waals surface area contributed by atoms with Gasteiger partial charge in [-0.3, -0.25) is 4.79 Å². The van der Waals surface area contributed by atoms with E-state index in [0.29, 0.717) is 18.8 Å². The Morgan fingerprint density at radius 1 is 1.35 bits per heavy atom. The molecule has 2 N–H and O–H groups in total. The van der Waals surface area contributed by atoms with E-state index < -0.39 is 29.3 Å². The first-order valence-corrected chi connectivity index (χ1v) is 7.80. The number of carbonyl (C=O) groups is 2. The lowest BCUT2D eigenvalue weighted by atomic mass is 9.77. The monoisotopic (exact) mass is 323 g/mol. The minimum Gasteiger partial charge on any atom is -0.480 e. The lowest BCUT2D eigenvalue weighted by molar-refractivity contribution is -0.150. The molecule has 1 aliphatic rings. The van der Waals surface area contributed by atoms with Crippen molar-refractivity contribution in [3.05, 3.63) is 30.1 Å². The first-order valence-electron chi connectivity index (χ1n) is 7.80. The van der Waals surface area contributed by atoms with E-state index in [1.54, 1.807) is 6.07 Å². The van der Waals surface area contributed by atoms with Gasteiger partial charge in [-0.05, 0) is 50.7 Å². The molecule has 0 radical (unpaired) electrons. The Labute approximate surface area is 134 Å². The molecule has 0 bridgehead atoms. The summed E-state index contributed by atoms with van der Waals surface area (Å²) in [6.45, 7) is 3.54. The maximum Gasteiger partial charge on any atom is 0.329 e. The molecule has 6 heteroatoms. The van der Waals surface area contributed by atoms with Crippen molar-refractivity contribution in [3.8, 4) is 5.75 Å². The van der Waals surface area contributed by atoms with Crippen LogP contribution in [0, 0.1) is 11.7 Å². The van der Waals surface area contributed by atoms with E-state index in [4.69, 9.17) is 4.74 Å². The number of ether oxygens (including phenoxy) is 1. The highest BCUT2D eigenvalue weighted by molar-refractivity contribution is 5.89. The fraction of sp³-hybridized carbons (Fsp3) is 0.529. The molecule has 1 atom stereocenters. The molecule has 126 valence electrons. The van der Waals surface area contributed by atoms with Crippen molar-refractivity contribution in [2.75, 3.05) is 0 Å². The largest absolute Gasteiger partial charge is 0.480 e. The molecule has 23 heavy (non-hydrogen) atoms. The minimum absolute atomic E-state index is 0.0307. The summed E-state index contributed by atoms with van der Waals surface area (Å²) in [6, 6.07) is 5.79. The van der Waals surface area contributed by atoms with E-state index in [9.17, 15) is 19.1 Å². The normalized spacial score (nSPS) is 25.4. The van der Waals surface area contributed by atoms with Gasteiger partial charge in [-0.15, -0.1) is 0 Å². The zero-order valence-electron chi connectivity index (χ0n) is 13.3. The molecule has 5 nitrogen and oxygen atoms in total. The Hall–Kier alpha value is -2.11. The highest BCUT2D eigenvalue weighted by Crippen LogP contribution is 2.32. The van der Waals surface area contributed by atoms with Crippen LogP contribution < -0.4 is 10.1 Å². The summed E-state index contributed by atoms with van der Waals surface area (Å²) in [4.78, 5) is 23.9. The SMILES string of the molecule is CC1CCC(NC(=O)C(C)Oc2ccccc2F)(C(=O)O)CC1. The van der Waals surface area contributed by atoms with Crippen molar-refractivity contribution in [1.29, 1.82) is 0 Å². The average Bonchev–Trinajstić information content (AvgIpc) is 2.51. The quantitative estimate of drug-likeness (QED) is 0.873. The number of halogens is 1. The van der Waals surface area contributed by atoms with Crippen LogP contribution in [0.25, 0.3) is 0 Å². The third-order valence-corrected chi connectivity index (χ3v) is 4.41. The molecule has 1 aromatic rings. The number of benzene rings is 1. The number of carboxylic acids is 1. The standard InChI is InChI=1S/C17H22FNO4/c1-11-7-9-17(10-8-11,16(21)22)19-15(20)12(2)23-14-6-4-3-5-13(14)18/h3-6,11-12H,7-10H2,1-2H3,(H,19,20)(H,21,22). The van der Waals surface area contributed by atoms with Gasteiger partial charge in [0.25, 0.3) is 5.91 Å². The van der Waals surface area contributed by atoms with E-state index in [-0.39, 0.29) is 5.75 Å². The molecular formula is C17H22FNO4. The summed E-state index contributed by atoms with van der Waals surface area (Å²) in [5.41, 5.74) is -1.25. The Balaban J connectivity index is 2.04. The lowest BCUT2D eigenvalue weighted by Gasteiger charge is -2.37. The average molecular weight is 323 g/mol. The van der Waals surface area contributed by atoms with Crippen LogP contribution in [0.3, 0.4) is 0 Å². The number of hydrogen-bond donors (Lipinski definition) is 2.